The lowest BCUT2D eigenvalue weighted by Gasteiger charge is -2.29. The smallest absolute Gasteiger partial charge is 0.243 e. The highest BCUT2D eigenvalue weighted by Gasteiger charge is 2.13. The minimum Gasteiger partial charge on any atom is -0.347 e. The van der Waals surface area contributed by atoms with E-state index in [1.807, 2.05) is 0 Å². The van der Waals surface area contributed by atoms with E-state index in [-0.39, 0.29) is 5.91 Å². The highest BCUT2D eigenvalue weighted by molar-refractivity contribution is 5.86. The van der Waals surface area contributed by atoms with E-state index in [0.29, 0.717) is 0 Å². The molecule has 0 rings (SSSR count). The molecule has 0 aromatic rings. The van der Waals surface area contributed by atoms with E-state index < -0.39 is 0 Å². The van der Waals surface area contributed by atoms with Crippen molar-refractivity contribution in [2.24, 2.45) is 0 Å². The summed E-state index contributed by atoms with van der Waals surface area (Å²) in [6, 6.07) is 0. The largest absolute Gasteiger partial charge is 0.347 e. The summed E-state index contributed by atoms with van der Waals surface area (Å²) in [5.41, 5.74) is 0. The molecule has 0 spiro atoms. The Morgan fingerprint density at radius 3 is 1.75 bits per heavy atom. The monoisotopic (exact) mass is 339 g/mol. The number of hydrogen-bond acceptors (Lipinski definition) is 1. The van der Waals surface area contributed by atoms with E-state index in [0.717, 1.165) is 17.6 Å². The van der Waals surface area contributed by atoms with Crippen LogP contribution in [0.1, 0.15) is 84.0 Å². The average molecular weight is 340 g/mol. The summed E-state index contributed by atoms with van der Waals surface area (Å²) in [5.74, 6) is -0.0691. The van der Waals surface area contributed by atoms with Crippen LogP contribution in [0, 0.1) is 0 Å². The molecule has 0 heterocycles. The van der Waals surface area contributed by atoms with Crippen LogP contribution < -0.4 is 5.32 Å². The minimum absolute atomic E-state index is 0.0691. The zero-order valence-electron chi connectivity index (χ0n) is 16.7. The molecule has 0 aromatic carbocycles. The zero-order chi connectivity index (χ0) is 18.1. The highest BCUT2D eigenvalue weighted by atomic mass is 16.1. The molecule has 0 saturated heterocycles. The van der Waals surface area contributed by atoms with Gasteiger partial charge in [-0.25, -0.2) is 0 Å². The Morgan fingerprint density at radius 1 is 0.833 bits per heavy atom. The molecule has 0 fully saturated rings. The summed E-state index contributed by atoms with van der Waals surface area (Å²) < 4.78 is 0.981. The first kappa shape index (κ1) is 23.2. The molecule has 3 heteroatoms. The number of quaternary nitrogens is 1. The van der Waals surface area contributed by atoms with Gasteiger partial charge in [0, 0.05) is 0 Å². The van der Waals surface area contributed by atoms with Gasteiger partial charge >= 0.3 is 0 Å². The van der Waals surface area contributed by atoms with Crippen molar-refractivity contribution in [3.8, 4) is 0 Å². The highest BCUT2D eigenvalue weighted by Crippen LogP contribution is 2.12. The van der Waals surface area contributed by atoms with Gasteiger partial charge in [-0.3, -0.25) is 4.79 Å². The molecule has 0 unspecified atom stereocenters. The zero-order valence-corrected chi connectivity index (χ0v) is 16.7. The van der Waals surface area contributed by atoms with Crippen LogP contribution in [0.25, 0.3) is 0 Å². The Labute approximate surface area is 151 Å². The molecule has 3 nitrogen and oxygen atoms in total. The predicted molar refractivity (Wildman–Crippen MR) is 106 cm³/mol. The minimum atomic E-state index is -0.0691. The van der Waals surface area contributed by atoms with Crippen LogP contribution in [0.5, 0.6) is 0 Å². The SMILES string of the molecule is C=CC(=O)NCC[N+](C)(C)CCCCCCCCCCCCCC. The molecule has 1 amide bonds. The van der Waals surface area contributed by atoms with Crippen molar-refractivity contribution >= 4 is 5.91 Å². The molecule has 142 valence electrons. The molecule has 0 aromatic heterocycles. The molecule has 0 aliphatic rings. The van der Waals surface area contributed by atoms with Gasteiger partial charge < -0.3 is 9.80 Å². The normalized spacial score (nSPS) is 11.5. The molecule has 0 aliphatic heterocycles. The van der Waals surface area contributed by atoms with Crippen LogP contribution in [0.4, 0.5) is 0 Å². The molecule has 0 atom stereocenters. The lowest BCUT2D eigenvalue weighted by molar-refractivity contribution is -0.889. The second kappa shape index (κ2) is 15.7. The quantitative estimate of drug-likeness (QED) is 0.224. The Kier molecular flexibility index (Phi) is 15.1. The number of likely N-dealkylation sites (N-methyl/N-ethyl adjacent to an activating group) is 1. The fraction of sp³-hybridized carbons (Fsp3) is 0.857. The first-order valence-electron chi connectivity index (χ1n) is 10.2. The standard InChI is InChI=1S/C21H42N2O/c1-5-7-8-9-10-11-12-13-14-15-16-17-19-23(3,4)20-18-22-21(24)6-2/h6H,2,5,7-20H2,1,3-4H3/p+1. The molecule has 24 heavy (non-hydrogen) atoms. The van der Waals surface area contributed by atoms with Gasteiger partial charge in [0.1, 0.15) is 0 Å². The Bertz CT molecular complexity index is 313. The fourth-order valence-electron chi connectivity index (χ4n) is 3.05. The van der Waals surface area contributed by atoms with Gasteiger partial charge in [-0.05, 0) is 18.9 Å². The van der Waals surface area contributed by atoms with Gasteiger partial charge in [0.2, 0.25) is 5.91 Å². The fourth-order valence-corrected chi connectivity index (χ4v) is 3.05. The summed E-state index contributed by atoms with van der Waals surface area (Å²) in [6.07, 6.45) is 18.1. The third-order valence-corrected chi connectivity index (χ3v) is 4.82. The van der Waals surface area contributed by atoms with Crippen molar-refractivity contribution in [3.05, 3.63) is 12.7 Å². The molecule has 0 radical (unpaired) electrons. The Hall–Kier alpha value is -0.830. The van der Waals surface area contributed by atoms with Crippen LogP contribution in [0.3, 0.4) is 0 Å². The number of rotatable bonds is 17. The average Bonchev–Trinajstić information content (AvgIpc) is 2.55. The Morgan fingerprint density at radius 2 is 1.29 bits per heavy atom. The maximum atomic E-state index is 11.1. The number of unbranched alkanes of at least 4 members (excludes halogenated alkanes) is 11. The first-order chi connectivity index (χ1) is 11.5. The third-order valence-electron chi connectivity index (χ3n) is 4.82. The van der Waals surface area contributed by atoms with Crippen molar-refractivity contribution < 1.29 is 9.28 Å². The Balaban J connectivity index is 3.35. The molecule has 1 N–H and O–H groups in total. The maximum absolute atomic E-state index is 11.1. The van der Waals surface area contributed by atoms with Gasteiger partial charge in [0.25, 0.3) is 0 Å². The van der Waals surface area contributed by atoms with Crippen molar-refractivity contribution in [3.63, 3.8) is 0 Å². The van der Waals surface area contributed by atoms with Crippen molar-refractivity contribution in [1.82, 2.24) is 5.32 Å². The van der Waals surface area contributed by atoms with Gasteiger partial charge in [-0.2, -0.15) is 0 Å². The van der Waals surface area contributed by atoms with E-state index in [9.17, 15) is 4.79 Å². The van der Waals surface area contributed by atoms with Gasteiger partial charge in [0.15, 0.2) is 0 Å². The topological polar surface area (TPSA) is 29.1 Å². The molecular weight excluding hydrogens is 296 g/mol. The summed E-state index contributed by atoms with van der Waals surface area (Å²) in [7, 11) is 4.50. The number of carbonyl (C=O) groups excluding carboxylic acids is 1. The van der Waals surface area contributed by atoms with Crippen LogP contribution in [0.15, 0.2) is 12.7 Å². The van der Waals surface area contributed by atoms with Crippen LogP contribution >= 0.6 is 0 Å². The van der Waals surface area contributed by atoms with Crippen molar-refractivity contribution in [2.75, 3.05) is 33.7 Å². The van der Waals surface area contributed by atoms with Crippen molar-refractivity contribution in [2.45, 2.75) is 84.0 Å². The van der Waals surface area contributed by atoms with Crippen LogP contribution in [-0.2, 0) is 4.79 Å². The van der Waals surface area contributed by atoms with Gasteiger partial charge in [0.05, 0.1) is 33.7 Å². The summed E-state index contributed by atoms with van der Waals surface area (Å²) >= 11 is 0. The van der Waals surface area contributed by atoms with Crippen LogP contribution in [-0.4, -0.2) is 44.1 Å². The summed E-state index contributed by atoms with van der Waals surface area (Å²) in [5, 5.41) is 2.86. The molecular formula is C21H43N2O+. The number of carbonyl (C=O) groups is 1. The number of hydrogen-bond donors (Lipinski definition) is 1. The van der Waals surface area contributed by atoms with E-state index >= 15 is 0 Å². The van der Waals surface area contributed by atoms with Gasteiger partial charge in [-0.15, -0.1) is 0 Å². The van der Waals surface area contributed by atoms with Crippen molar-refractivity contribution in [1.29, 1.82) is 0 Å². The van der Waals surface area contributed by atoms with E-state index in [1.165, 1.54) is 89.7 Å². The first-order valence-corrected chi connectivity index (χ1v) is 10.2. The predicted octanol–water partition coefficient (Wildman–Crippen LogP) is 5.07. The maximum Gasteiger partial charge on any atom is 0.243 e. The van der Waals surface area contributed by atoms with Crippen LogP contribution in [0.2, 0.25) is 0 Å². The molecule has 0 bridgehead atoms. The third kappa shape index (κ3) is 16.0. The number of nitrogens with zero attached hydrogens (tertiary/aromatic N) is 1. The lowest BCUT2D eigenvalue weighted by atomic mass is 10.1. The number of nitrogens with one attached hydrogen (secondary N) is 1. The molecule has 0 saturated carbocycles. The number of amides is 1. The second-order valence-electron chi connectivity index (χ2n) is 7.77. The summed E-state index contributed by atoms with van der Waals surface area (Å²) in [4.78, 5) is 11.1. The van der Waals surface area contributed by atoms with E-state index in [1.54, 1.807) is 0 Å². The van der Waals surface area contributed by atoms with Gasteiger partial charge in [-0.1, -0.05) is 77.7 Å². The summed E-state index contributed by atoms with van der Waals surface area (Å²) in [6.45, 7) is 8.66. The van der Waals surface area contributed by atoms with E-state index in [2.05, 4.69) is 32.9 Å². The van der Waals surface area contributed by atoms with E-state index in [4.69, 9.17) is 0 Å². The second-order valence-corrected chi connectivity index (χ2v) is 7.77. The molecule has 0 aliphatic carbocycles. The lowest BCUT2D eigenvalue weighted by Crippen LogP contribution is -2.45.